The summed E-state index contributed by atoms with van der Waals surface area (Å²) in [7, 11) is 0.0325. The van der Waals surface area contributed by atoms with Crippen LogP contribution in [0.4, 0.5) is 0 Å². The predicted octanol–water partition coefficient (Wildman–Crippen LogP) is 3.51. The van der Waals surface area contributed by atoms with E-state index in [0.29, 0.717) is 23.3 Å². The molecule has 4 fully saturated rings. The summed E-state index contributed by atoms with van der Waals surface area (Å²) in [5.74, 6) is 2.05. The topological polar surface area (TPSA) is 18.5 Å². The van der Waals surface area contributed by atoms with Crippen molar-refractivity contribution >= 4 is 7.12 Å². The number of hydrogen-bond donors (Lipinski definition) is 0. The third-order valence-corrected chi connectivity index (χ3v) is 6.08. The minimum atomic E-state index is -0.0215. The Bertz CT molecular complexity index is 330. The van der Waals surface area contributed by atoms with Crippen LogP contribution in [-0.2, 0) is 9.31 Å². The van der Waals surface area contributed by atoms with Gasteiger partial charge in [0.1, 0.15) is 0 Å². The maximum atomic E-state index is 6.37. The third kappa shape index (κ3) is 1.42. The minimum Gasteiger partial charge on any atom is -0.405 e. The highest BCUT2D eigenvalue weighted by atomic mass is 16.7. The van der Waals surface area contributed by atoms with Crippen LogP contribution in [0, 0.1) is 17.3 Å². The van der Waals surface area contributed by atoms with Gasteiger partial charge in [-0.25, -0.2) is 0 Å². The first-order valence-electron chi connectivity index (χ1n) is 7.22. The molecule has 3 aliphatic carbocycles. The molecule has 0 aromatic heterocycles. The number of rotatable bonds is 2. The van der Waals surface area contributed by atoms with E-state index in [0.717, 1.165) is 12.3 Å². The van der Waals surface area contributed by atoms with Gasteiger partial charge in [0.25, 0.3) is 0 Å². The van der Waals surface area contributed by atoms with E-state index in [1.807, 2.05) is 0 Å². The van der Waals surface area contributed by atoms with E-state index >= 15 is 0 Å². The molecule has 4 rings (SSSR count). The summed E-state index contributed by atoms with van der Waals surface area (Å²) in [4.78, 5) is 0. The average molecular weight is 236 g/mol. The van der Waals surface area contributed by atoms with Crippen LogP contribution in [-0.4, -0.2) is 18.8 Å². The Morgan fingerprint density at radius 1 is 1.29 bits per heavy atom. The van der Waals surface area contributed by atoms with Crippen molar-refractivity contribution in [2.24, 2.45) is 17.3 Å². The molecule has 96 valence electrons. The van der Waals surface area contributed by atoms with Crippen molar-refractivity contribution in [2.75, 3.05) is 0 Å². The second-order valence-electron chi connectivity index (χ2n) is 7.22. The molecule has 0 N–H and O–H groups in total. The Balaban J connectivity index is 1.82. The molecule has 1 heterocycles. The van der Waals surface area contributed by atoms with Crippen LogP contribution in [0.2, 0.25) is 5.82 Å². The van der Waals surface area contributed by atoms with Gasteiger partial charge in [0.05, 0.1) is 11.7 Å². The van der Waals surface area contributed by atoms with Crippen LogP contribution in [0.15, 0.2) is 0 Å². The molecule has 0 aromatic carbocycles. The average Bonchev–Trinajstić information content (AvgIpc) is 2.64. The fourth-order valence-electron chi connectivity index (χ4n) is 4.34. The molecule has 1 saturated heterocycles. The number of hydrogen-bond acceptors (Lipinski definition) is 2. The summed E-state index contributed by atoms with van der Waals surface area (Å²) in [6.45, 7) is 11.6. The van der Waals surface area contributed by atoms with Crippen LogP contribution >= 0.6 is 0 Å². The smallest absolute Gasteiger partial charge is 0.405 e. The van der Waals surface area contributed by atoms with Gasteiger partial charge in [-0.15, -0.1) is 0 Å². The van der Waals surface area contributed by atoms with E-state index in [1.54, 1.807) is 0 Å². The van der Waals surface area contributed by atoms with E-state index in [9.17, 15) is 0 Å². The van der Waals surface area contributed by atoms with Gasteiger partial charge in [-0.2, -0.15) is 0 Å². The van der Waals surface area contributed by atoms with Crippen LogP contribution < -0.4 is 0 Å². The summed E-state index contributed by atoms with van der Waals surface area (Å²) in [5, 5.41) is 0. The zero-order valence-corrected chi connectivity index (χ0v) is 11.8. The normalized spacial score (nSPS) is 48.5. The standard InChI is InChI=1S/C14H25BO2/c1-6-9(2)15-16-12-8-10-7-11(13(10,3)4)14(12,5)17-15/h9-12H,6-8H2,1-5H3/t9-,10+,11-,12-,14-/m1/s1. The molecule has 3 heteroatoms. The van der Waals surface area contributed by atoms with Crippen LogP contribution in [0.1, 0.15) is 53.9 Å². The molecule has 4 aliphatic rings. The molecule has 0 radical (unpaired) electrons. The zero-order valence-electron chi connectivity index (χ0n) is 11.8. The molecule has 0 spiro atoms. The first-order chi connectivity index (χ1) is 7.89. The third-order valence-electron chi connectivity index (χ3n) is 6.08. The summed E-state index contributed by atoms with van der Waals surface area (Å²) >= 11 is 0. The van der Waals surface area contributed by atoms with Crippen molar-refractivity contribution in [3.63, 3.8) is 0 Å². The van der Waals surface area contributed by atoms with Crippen molar-refractivity contribution in [3.8, 4) is 0 Å². The lowest BCUT2D eigenvalue weighted by molar-refractivity contribution is -0.199. The van der Waals surface area contributed by atoms with Gasteiger partial charge in [0.15, 0.2) is 0 Å². The highest BCUT2D eigenvalue weighted by Gasteiger charge is 2.68. The van der Waals surface area contributed by atoms with Gasteiger partial charge in [-0.3, -0.25) is 0 Å². The van der Waals surface area contributed by atoms with E-state index < -0.39 is 0 Å². The molecule has 2 bridgehead atoms. The van der Waals surface area contributed by atoms with Crippen molar-refractivity contribution in [3.05, 3.63) is 0 Å². The van der Waals surface area contributed by atoms with Crippen molar-refractivity contribution in [1.29, 1.82) is 0 Å². The maximum absolute atomic E-state index is 6.37. The van der Waals surface area contributed by atoms with E-state index in [4.69, 9.17) is 9.31 Å². The SMILES string of the molecule is CC[C@@H](C)B1O[C@@H]2C[C@@H]3C[C@H](C3(C)C)[C@@]2(C)O1. The summed E-state index contributed by atoms with van der Waals surface area (Å²) in [6.07, 6.45) is 4.02. The fraction of sp³-hybridized carbons (Fsp3) is 1.00. The molecule has 17 heavy (non-hydrogen) atoms. The Morgan fingerprint density at radius 3 is 2.59 bits per heavy atom. The van der Waals surface area contributed by atoms with Gasteiger partial charge in [0.2, 0.25) is 0 Å². The van der Waals surface area contributed by atoms with Gasteiger partial charge < -0.3 is 9.31 Å². The molecule has 2 nitrogen and oxygen atoms in total. The molecule has 0 amide bonds. The van der Waals surface area contributed by atoms with E-state index in [1.165, 1.54) is 12.8 Å². The lowest BCUT2D eigenvalue weighted by Gasteiger charge is -2.64. The highest BCUT2D eigenvalue weighted by molar-refractivity contribution is 6.47. The van der Waals surface area contributed by atoms with E-state index in [-0.39, 0.29) is 12.7 Å². The lowest BCUT2D eigenvalue weighted by atomic mass is 9.43. The zero-order chi connectivity index (χ0) is 12.4. The van der Waals surface area contributed by atoms with Gasteiger partial charge in [-0.1, -0.05) is 34.1 Å². The first kappa shape index (κ1) is 12.0. The van der Waals surface area contributed by atoms with Crippen LogP contribution in [0.25, 0.3) is 0 Å². The first-order valence-corrected chi connectivity index (χ1v) is 7.22. The fourth-order valence-corrected chi connectivity index (χ4v) is 4.34. The summed E-state index contributed by atoms with van der Waals surface area (Å²) < 4.78 is 12.6. The molecule has 0 unspecified atom stereocenters. The molecule has 1 aliphatic heterocycles. The molecular weight excluding hydrogens is 211 g/mol. The van der Waals surface area contributed by atoms with Gasteiger partial charge in [-0.05, 0) is 42.8 Å². The Morgan fingerprint density at radius 2 is 2.00 bits per heavy atom. The summed E-state index contributed by atoms with van der Waals surface area (Å²) in [5.41, 5.74) is 0.436. The molecule has 0 aromatic rings. The van der Waals surface area contributed by atoms with Crippen LogP contribution in [0.3, 0.4) is 0 Å². The second kappa shape index (κ2) is 3.51. The second-order valence-corrected chi connectivity index (χ2v) is 7.22. The van der Waals surface area contributed by atoms with Crippen molar-refractivity contribution in [2.45, 2.75) is 71.4 Å². The van der Waals surface area contributed by atoms with Crippen molar-refractivity contribution in [1.82, 2.24) is 0 Å². The maximum Gasteiger partial charge on any atom is 0.460 e. The Hall–Kier alpha value is -0.0151. The molecule has 3 saturated carbocycles. The minimum absolute atomic E-state index is 0.0215. The molecule has 5 atom stereocenters. The monoisotopic (exact) mass is 236 g/mol. The van der Waals surface area contributed by atoms with E-state index in [2.05, 4.69) is 34.6 Å². The predicted molar refractivity (Wildman–Crippen MR) is 69.8 cm³/mol. The van der Waals surface area contributed by atoms with Gasteiger partial charge >= 0.3 is 7.12 Å². The lowest BCUT2D eigenvalue weighted by Crippen LogP contribution is -2.65. The Labute approximate surface area is 106 Å². The Kier molecular flexibility index (Phi) is 2.49. The molecular formula is C14H25BO2. The van der Waals surface area contributed by atoms with Crippen LogP contribution in [0.5, 0.6) is 0 Å². The largest absolute Gasteiger partial charge is 0.460 e. The van der Waals surface area contributed by atoms with Crippen molar-refractivity contribution < 1.29 is 9.31 Å². The highest BCUT2D eigenvalue weighted by Crippen LogP contribution is 2.66. The quantitative estimate of drug-likeness (QED) is 0.683. The summed E-state index contributed by atoms with van der Waals surface area (Å²) in [6, 6.07) is 0. The van der Waals surface area contributed by atoms with Gasteiger partial charge in [0, 0.05) is 0 Å².